The molecule has 0 aliphatic carbocycles. The number of rotatable bonds is 4. The monoisotopic (exact) mass is 279 g/mol. The maximum absolute atomic E-state index is 12.1. The highest BCUT2D eigenvalue weighted by molar-refractivity contribution is 5.80. The normalized spacial score (nSPS) is 18.8. The van der Waals surface area contributed by atoms with E-state index in [-0.39, 0.29) is 17.9 Å². The molecule has 0 aromatic heterocycles. The first-order valence-electron chi connectivity index (χ1n) is 7.01. The first-order chi connectivity index (χ1) is 10.2. The number of cyclic esters (lactones) is 1. The van der Waals surface area contributed by atoms with E-state index in [0.717, 1.165) is 11.3 Å². The van der Waals surface area contributed by atoms with Gasteiger partial charge in [0.1, 0.15) is 11.7 Å². The van der Waals surface area contributed by atoms with Crippen LogP contribution in [0, 0.1) is 5.92 Å². The van der Waals surface area contributed by atoms with Gasteiger partial charge in [-0.15, -0.1) is 0 Å². The number of anilines is 1. The minimum atomic E-state index is -0.312. The van der Waals surface area contributed by atoms with Crippen molar-refractivity contribution in [3.05, 3.63) is 78.1 Å². The summed E-state index contributed by atoms with van der Waals surface area (Å²) < 4.78 is 5.20. The molecular weight excluding hydrogens is 262 g/mol. The fourth-order valence-corrected chi connectivity index (χ4v) is 2.57. The summed E-state index contributed by atoms with van der Waals surface area (Å²) in [5.41, 5.74) is 2.05. The highest BCUT2D eigenvalue weighted by Crippen LogP contribution is 2.33. The minimum absolute atomic E-state index is 0.140. The van der Waals surface area contributed by atoms with Crippen LogP contribution in [0.5, 0.6) is 0 Å². The summed E-state index contributed by atoms with van der Waals surface area (Å²) >= 11 is 0. The third-order valence-electron chi connectivity index (χ3n) is 3.56. The third-order valence-corrected chi connectivity index (χ3v) is 3.56. The number of nitrogens with one attached hydrogen (secondary N) is 1. The number of carbonyl (C=O) groups is 1. The second-order valence-corrected chi connectivity index (χ2v) is 5.12. The fraction of sp³-hybridized carbons (Fsp3) is 0.167. The molecule has 1 aliphatic rings. The van der Waals surface area contributed by atoms with Crippen LogP contribution in [0.4, 0.5) is 5.69 Å². The predicted molar refractivity (Wildman–Crippen MR) is 82.6 cm³/mol. The van der Waals surface area contributed by atoms with Gasteiger partial charge < -0.3 is 10.1 Å². The van der Waals surface area contributed by atoms with Crippen molar-refractivity contribution in [3.8, 4) is 0 Å². The molecule has 3 heteroatoms. The summed E-state index contributed by atoms with van der Waals surface area (Å²) in [6.07, 6.45) is 1.88. The highest BCUT2D eigenvalue weighted by atomic mass is 16.5. The topological polar surface area (TPSA) is 38.3 Å². The number of para-hydroxylation sites is 1. The Balaban J connectivity index is 1.94. The van der Waals surface area contributed by atoms with Crippen molar-refractivity contribution in [1.29, 1.82) is 0 Å². The maximum atomic E-state index is 12.1. The second-order valence-electron chi connectivity index (χ2n) is 5.12. The van der Waals surface area contributed by atoms with Crippen molar-refractivity contribution < 1.29 is 9.53 Å². The molecule has 1 heterocycles. The van der Waals surface area contributed by atoms with Gasteiger partial charge in [0.25, 0.3) is 0 Å². The van der Waals surface area contributed by atoms with Crippen LogP contribution in [0.25, 0.3) is 0 Å². The zero-order valence-corrected chi connectivity index (χ0v) is 11.8. The van der Waals surface area contributed by atoms with Crippen molar-refractivity contribution >= 4 is 11.7 Å². The van der Waals surface area contributed by atoms with E-state index in [0.29, 0.717) is 5.76 Å². The van der Waals surface area contributed by atoms with Crippen molar-refractivity contribution in [2.24, 2.45) is 5.92 Å². The Labute approximate surface area is 124 Å². The average Bonchev–Trinajstić information content (AvgIpc) is 2.85. The number of allylic oxidation sites excluding steroid dienone is 1. The van der Waals surface area contributed by atoms with Gasteiger partial charge in [-0.05, 0) is 30.7 Å². The molecule has 0 saturated heterocycles. The van der Waals surface area contributed by atoms with Crippen molar-refractivity contribution in [2.75, 3.05) is 5.32 Å². The molecule has 106 valence electrons. The molecule has 1 aliphatic heterocycles. The first-order valence-corrected chi connectivity index (χ1v) is 7.01. The van der Waals surface area contributed by atoms with E-state index in [2.05, 4.69) is 5.32 Å². The van der Waals surface area contributed by atoms with Gasteiger partial charge in [0.05, 0.1) is 6.04 Å². The number of carbonyl (C=O) groups excluding carboxylic acids is 1. The zero-order chi connectivity index (χ0) is 14.7. The quantitative estimate of drug-likeness (QED) is 0.862. The molecule has 0 amide bonds. The van der Waals surface area contributed by atoms with Crippen LogP contribution in [0.1, 0.15) is 18.5 Å². The largest absolute Gasteiger partial charge is 0.431 e. The summed E-state index contributed by atoms with van der Waals surface area (Å²) in [6, 6.07) is 19.7. The molecule has 2 atom stereocenters. The Bertz CT molecular complexity index is 649. The number of ether oxygens (including phenoxy) is 1. The Morgan fingerprint density at radius 2 is 1.62 bits per heavy atom. The van der Waals surface area contributed by atoms with Crippen LogP contribution in [0.2, 0.25) is 0 Å². The molecular formula is C18H17NO2. The van der Waals surface area contributed by atoms with E-state index in [1.807, 2.05) is 73.7 Å². The van der Waals surface area contributed by atoms with Crippen molar-refractivity contribution in [3.63, 3.8) is 0 Å². The van der Waals surface area contributed by atoms with E-state index in [1.54, 1.807) is 0 Å². The lowest BCUT2D eigenvalue weighted by atomic mass is 9.93. The number of hydrogen-bond acceptors (Lipinski definition) is 3. The summed E-state index contributed by atoms with van der Waals surface area (Å²) in [4.78, 5) is 12.1. The smallest absolute Gasteiger partial charge is 0.320 e. The molecule has 0 spiro atoms. The Kier molecular flexibility index (Phi) is 3.73. The van der Waals surface area contributed by atoms with Crippen LogP contribution in [0.15, 0.2) is 72.5 Å². The molecule has 0 bridgehead atoms. The molecule has 21 heavy (non-hydrogen) atoms. The first kappa shape index (κ1) is 13.4. The van der Waals surface area contributed by atoms with E-state index in [9.17, 15) is 4.79 Å². The van der Waals surface area contributed by atoms with Gasteiger partial charge in [0, 0.05) is 5.69 Å². The molecule has 2 aromatic rings. The molecule has 2 aromatic carbocycles. The lowest BCUT2D eigenvalue weighted by Crippen LogP contribution is -2.24. The molecule has 3 rings (SSSR count). The maximum Gasteiger partial charge on any atom is 0.320 e. The third kappa shape index (κ3) is 2.97. The van der Waals surface area contributed by atoms with Crippen molar-refractivity contribution in [1.82, 2.24) is 0 Å². The van der Waals surface area contributed by atoms with E-state index in [1.165, 1.54) is 0 Å². The summed E-state index contributed by atoms with van der Waals surface area (Å²) in [5, 5.41) is 3.44. The average molecular weight is 279 g/mol. The van der Waals surface area contributed by atoms with Gasteiger partial charge in [-0.2, -0.15) is 0 Å². The van der Waals surface area contributed by atoms with Crippen LogP contribution >= 0.6 is 0 Å². The van der Waals surface area contributed by atoms with Gasteiger partial charge >= 0.3 is 5.97 Å². The highest BCUT2D eigenvalue weighted by Gasteiger charge is 2.34. The van der Waals surface area contributed by atoms with E-state index in [4.69, 9.17) is 4.74 Å². The molecule has 3 nitrogen and oxygen atoms in total. The number of esters is 1. The lowest BCUT2D eigenvalue weighted by molar-refractivity contribution is -0.140. The summed E-state index contributed by atoms with van der Waals surface area (Å²) in [6.45, 7) is 1.81. The van der Waals surface area contributed by atoms with E-state index < -0.39 is 0 Å². The van der Waals surface area contributed by atoms with Crippen LogP contribution in [-0.4, -0.2) is 5.97 Å². The molecule has 0 fully saturated rings. The Morgan fingerprint density at radius 3 is 2.19 bits per heavy atom. The molecule has 0 radical (unpaired) electrons. The van der Waals surface area contributed by atoms with E-state index >= 15 is 0 Å². The summed E-state index contributed by atoms with van der Waals surface area (Å²) in [5.74, 6) is 0.151. The van der Waals surface area contributed by atoms with Crippen LogP contribution in [0.3, 0.4) is 0 Å². The van der Waals surface area contributed by atoms with Gasteiger partial charge in [0.2, 0.25) is 0 Å². The lowest BCUT2D eigenvalue weighted by Gasteiger charge is -2.23. The van der Waals surface area contributed by atoms with Crippen LogP contribution in [-0.2, 0) is 9.53 Å². The predicted octanol–water partition coefficient (Wildman–Crippen LogP) is 3.92. The standard InChI is InChI=1S/C18H17NO2/c1-13-12-16(18(20)21-13)17(14-8-4-2-5-9-14)19-15-10-6-3-7-11-15/h2-12,16-17,19H,1H3. The fourth-order valence-electron chi connectivity index (χ4n) is 2.57. The van der Waals surface area contributed by atoms with Gasteiger partial charge in [0.15, 0.2) is 0 Å². The van der Waals surface area contributed by atoms with Gasteiger partial charge in [-0.3, -0.25) is 4.79 Å². The van der Waals surface area contributed by atoms with Gasteiger partial charge in [-0.1, -0.05) is 48.5 Å². The number of benzene rings is 2. The Hall–Kier alpha value is -2.55. The SMILES string of the molecule is CC1=CC(C(Nc2ccccc2)c2ccccc2)C(=O)O1. The minimum Gasteiger partial charge on any atom is -0.431 e. The zero-order valence-electron chi connectivity index (χ0n) is 11.8. The second kappa shape index (κ2) is 5.83. The molecule has 2 unspecified atom stereocenters. The summed E-state index contributed by atoms with van der Waals surface area (Å²) in [7, 11) is 0. The molecule has 0 saturated carbocycles. The Morgan fingerprint density at radius 1 is 1.00 bits per heavy atom. The number of hydrogen-bond donors (Lipinski definition) is 1. The van der Waals surface area contributed by atoms with Crippen LogP contribution < -0.4 is 5.32 Å². The van der Waals surface area contributed by atoms with Gasteiger partial charge in [-0.25, -0.2) is 0 Å². The van der Waals surface area contributed by atoms with Crippen molar-refractivity contribution in [2.45, 2.75) is 13.0 Å². The molecule has 1 N–H and O–H groups in total.